The molecule has 1 spiro atoms. The Hall–Kier alpha value is -2.58. The summed E-state index contributed by atoms with van der Waals surface area (Å²) in [6, 6.07) is 0. The van der Waals surface area contributed by atoms with Crippen molar-refractivity contribution in [1.82, 2.24) is 0 Å². The van der Waals surface area contributed by atoms with Crippen LogP contribution < -0.4 is 0 Å². The van der Waals surface area contributed by atoms with E-state index in [1.807, 2.05) is 6.92 Å². The zero-order valence-electron chi connectivity index (χ0n) is 30.8. The molecule has 1 N–H and O–H groups in total. The molecule has 13 heteroatoms. The molecule has 3 heterocycles. The Balaban J connectivity index is 2.32. The Morgan fingerprint density at radius 2 is 1.48 bits per heavy atom. The van der Waals surface area contributed by atoms with E-state index in [4.69, 9.17) is 37.9 Å². The average molecular weight is 685 g/mol. The van der Waals surface area contributed by atoms with E-state index in [1.54, 1.807) is 47.6 Å². The van der Waals surface area contributed by atoms with E-state index in [0.29, 0.717) is 5.92 Å². The highest BCUT2D eigenvalue weighted by atomic mass is 16.8. The van der Waals surface area contributed by atoms with Gasteiger partial charge in [0.1, 0.15) is 16.8 Å². The summed E-state index contributed by atoms with van der Waals surface area (Å²) in [4.78, 5) is 56.5. The lowest BCUT2D eigenvalue weighted by molar-refractivity contribution is -0.395. The molecule has 13 nitrogen and oxygen atoms in total. The number of ether oxygens (including phenoxy) is 8. The van der Waals surface area contributed by atoms with Crippen molar-refractivity contribution in [3.05, 3.63) is 12.2 Å². The summed E-state index contributed by atoms with van der Waals surface area (Å²) >= 11 is 0. The van der Waals surface area contributed by atoms with Crippen molar-refractivity contribution in [3.63, 3.8) is 0 Å². The highest BCUT2D eigenvalue weighted by Crippen LogP contribution is 2.59. The van der Waals surface area contributed by atoms with Crippen LogP contribution in [0, 0.1) is 11.8 Å². The molecule has 9 atom stereocenters. The van der Waals surface area contributed by atoms with Gasteiger partial charge in [0.05, 0.1) is 0 Å². The predicted octanol–water partition coefficient (Wildman–Crippen LogP) is 4.30. The molecule has 3 rings (SSSR count). The normalized spacial score (nSPS) is 33.4. The van der Waals surface area contributed by atoms with Crippen molar-refractivity contribution >= 4 is 23.9 Å². The minimum absolute atomic E-state index is 0.0000886. The largest absolute Gasteiger partial charge is 0.458 e. The van der Waals surface area contributed by atoms with E-state index in [0.717, 1.165) is 12.8 Å². The summed E-state index contributed by atoms with van der Waals surface area (Å²) in [5, 5.41) is 12.8. The van der Waals surface area contributed by atoms with Crippen LogP contribution in [0.4, 0.5) is 0 Å². The molecule has 0 unspecified atom stereocenters. The van der Waals surface area contributed by atoms with Gasteiger partial charge in [-0.05, 0) is 80.6 Å². The SMILES string of the molecule is CC[C@H](C)C[C@H](C)/C=C/C(=O)O[C@@H]1[C@H]2O[C@@H](OC)CC[C@@]23O[C@H](C(=O)OC(C)(C)C)[C@@](O)(C(=O)OC(C)(C)C)[C@]1(C(=O)OC(C)(C)C)O3. The number of hydrogen-bond acceptors (Lipinski definition) is 13. The van der Waals surface area contributed by atoms with Crippen LogP contribution >= 0.6 is 0 Å². The van der Waals surface area contributed by atoms with E-state index in [-0.39, 0.29) is 18.8 Å². The van der Waals surface area contributed by atoms with Gasteiger partial charge in [-0.2, -0.15) is 0 Å². The van der Waals surface area contributed by atoms with E-state index < -0.39 is 82.3 Å². The van der Waals surface area contributed by atoms with E-state index in [1.165, 1.54) is 34.0 Å². The van der Waals surface area contributed by atoms with Crippen molar-refractivity contribution in [2.24, 2.45) is 11.8 Å². The first kappa shape index (κ1) is 39.9. The van der Waals surface area contributed by atoms with Gasteiger partial charge in [0, 0.05) is 26.0 Å². The van der Waals surface area contributed by atoms with Crippen LogP contribution in [0.3, 0.4) is 0 Å². The molecule has 0 saturated carbocycles. The number of esters is 4. The summed E-state index contributed by atoms with van der Waals surface area (Å²) in [7, 11) is 1.40. The second-order valence-corrected chi connectivity index (χ2v) is 16.2. The number of carbonyl (C=O) groups excluding carboxylic acids is 4. The Morgan fingerprint density at radius 3 is 2.00 bits per heavy atom. The molecule has 2 bridgehead atoms. The van der Waals surface area contributed by atoms with Crippen LogP contribution in [0.15, 0.2) is 12.2 Å². The average Bonchev–Trinajstić information content (AvgIpc) is 3.18. The van der Waals surface area contributed by atoms with Gasteiger partial charge in [-0.1, -0.05) is 33.3 Å². The van der Waals surface area contributed by atoms with Crippen molar-refractivity contribution in [2.45, 2.75) is 167 Å². The van der Waals surface area contributed by atoms with Gasteiger partial charge in [0.25, 0.3) is 5.60 Å². The molecular weight excluding hydrogens is 628 g/mol. The number of methoxy groups -OCH3 is 1. The fourth-order valence-corrected chi connectivity index (χ4v) is 6.14. The third-order valence-corrected chi connectivity index (χ3v) is 8.30. The molecule has 0 aliphatic carbocycles. The molecule has 0 aromatic heterocycles. The minimum atomic E-state index is -3.32. The van der Waals surface area contributed by atoms with Crippen molar-refractivity contribution in [3.8, 4) is 0 Å². The van der Waals surface area contributed by atoms with Crippen LogP contribution in [-0.2, 0) is 57.1 Å². The van der Waals surface area contributed by atoms with Crippen LogP contribution in [0.1, 0.15) is 109 Å². The lowest BCUT2D eigenvalue weighted by Gasteiger charge is -2.51. The van der Waals surface area contributed by atoms with Crippen molar-refractivity contribution in [1.29, 1.82) is 0 Å². The Morgan fingerprint density at radius 1 is 0.917 bits per heavy atom. The maximum Gasteiger partial charge on any atom is 0.347 e. The maximum absolute atomic E-state index is 14.6. The minimum Gasteiger partial charge on any atom is -0.458 e. The molecule has 0 radical (unpaired) electrons. The van der Waals surface area contributed by atoms with E-state index in [2.05, 4.69) is 13.8 Å². The first-order chi connectivity index (χ1) is 21.8. The fraction of sp³-hybridized carbons (Fsp3) is 0.829. The van der Waals surface area contributed by atoms with Gasteiger partial charge in [-0.15, -0.1) is 0 Å². The molecule has 0 aromatic rings. The Bertz CT molecular complexity index is 1240. The molecule has 0 amide bonds. The van der Waals surface area contributed by atoms with Gasteiger partial charge in [-0.3, -0.25) is 0 Å². The molecule has 0 aromatic carbocycles. The summed E-state index contributed by atoms with van der Waals surface area (Å²) in [6.45, 7) is 20.2. The molecule has 48 heavy (non-hydrogen) atoms. The lowest BCUT2D eigenvalue weighted by Crippen LogP contribution is -2.79. The molecule has 3 aliphatic rings. The number of allylic oxidation sites excluding steroid dienone is 1. The van der Waals surface area contributed by atoms with Gasteiger partial charge in [0.2, 0.25) is 17.5 Å². The van der Waals surface area contributed by atoms with Crippen LogP contribution in [-0.4, -0.2) is 94.5 Å². The molecule has 3 aliphatic heterocycles. The smallest absolute Gasteiger partial charge is 0.347 e. The fourth-order valence-electron chi connectivity index (χ4n) is 6.14. The van der Waals surface area contributed by atoms with Crippen molar-refractivity contribution < 1.29 is 62.2 Å². The number of aliphatic hydroxyl groups is 1. The second-order valence-electron chi connectivity index (χ2n) is 16.2. The van der Waals surface area contributed by atoms with Crippen LogP contribution in [0.25, 0.3) is 0 Å². The highest BCUT2D eigenvalue weighted by molar-refractivity contribution is 6.00. The summed E-state index contributed by atoms with van der Waals surface area (Å²) in [6.07, 6.45) is -1.74. The topological polar surface area (TPSA) is 162 Å². The highest BCUT2D eigenvalue weighted by Gasteiger charge is 2.87. The monoisotopic (exact) mass is 684 g/mol. The van der Waals surface area contributed by atoms with E-state index in [9.17, 15) is 24.3 Å². The Kier molecular flexibility index (Phi) is 11.6. The first-order valence-corrected chi connectivity index (χ1v) is 16.7. The summed E-state index contributed by atoms with van der Waals surface area (Å²) < 4.78 is 47.3. The Labute approximate surface area is 284 Å². The van der Waals surface area contributed by atoms with Crippen LogP contribution in [0.5, 0.6) is 0 Å². The zero-order valence-corrected chi connectivity index (χ0v) is 30.8. The predicted molar refractivity (Wildman–Crippen MR) is 171 cm³/mol. The number of carbonyl (C=O) groups is 4. The first-order valence-electron chi connectivity index (χ1n) is 16.7. The summed E-state index contributed by atoms with van der Waals surface area (Å²) in [5.74, 6) is -6.48. The van der Waals surface area contributed by atoms with Crippen molar-refractivity contribution in [2.75, 3.05) is 7.11 Å². The van der Waals surface area contributed by atoms with Gasteiger partial charge in [0.15, 0.2) is 18.5 Å². The molecule has 3 saturated heterocycles. The quantitative estimate of drug-likeness (QED) is 0.197. The summed E-state index contributed by atoms with van der Waals surface area (Å²) in [5.41, 5.74) is -9.82. The zero-order chi connectivity index (χ0) is 36.7. The van der Waals surface area contributed by atoms with Gasteiger partial charge >= 0.3 is 23.9 Å². The second kappa shape index (κ2) is 14.0. The molecular formula is C35H56O13. The number of fused-ring (bicyclic) bond motifs is 1. The van der Waals surface area contributed by atoms with E-state index >= 15 is 0 Å². The maximum atomic E-state index is 14.6. The lowest BCUT2D eigenvalue weighted by atomic mass is 9.74. The number of rotatable bonds is 10. The standard InChI is InChI=1S/C35H56O13/c1-14-20(2)19-21(3)15-16-22(36)42-25-24-33(18-17-23(41-13)43-24)44-26(27(37)45-30(4,5)6)34(40,28(38)46-31(7,8)9)35(25,48-33)29(39)47-32(10,11)12/h15-16,20-21,23-26,40H,14,17-19H2,1-13H3/b16-15+/t20-,21+,23+,24+,25+,26+,33-,34+,35-/m0/s1. The molecule has 3 fully saturated rings. The molecule has 274 valence electrons. The van der Waals surface area contributed by atoms with Gasteiger partial charge < -0.3 is 43.0 Å². The van der Waals surface area contributed by atoms with Gasteiger partial charge in [-0.25, -0.2) is 19.2 Å². The van der Waals surface area contributed by atoms with Crippen LogP contribution in [0.2, 0.25) is 0 Å². The third-order valence-electron chi connectivity index (χ3n) is 8.30. The number of hydrogen-bond donors (Lipinski definition) is 1. The third kappa shape index (κ3) is 8.23.